The summed E-state index contributed by atoms with van der Waals surface area (Å²) in [5.41, 5.74) is 0.648. The summed E-state index contributed by atoms with van der Waals surface area (Å²) in [5, 5.41) is 5.64. The molecule has 7 nitrogen and oxygen atoms in total. The third kappa shape index (κ3) is 4.83. The molecule has 36 heavy (non-hydrogen) atoms. The second kappa shape index (κ2) is 9.14. The number of halogens is 6. The topological polar surface area (TPSA) is 90.7 Å². The average molecular weight is 538 g/mol. The fourth-order valence-corrected chi connectivity index (χ4v) is 5.61. The van der Waals surface area contributed by atoms with Crippen molar-refractivity contribution in [1.82, 2.24) is 9.71 Å². The number of aromatic nitrogens is 2. The van der Waals surface area contributed by atoms with Gasteiger partial charge in [-0.05, 0) is 42.8 Å². The molecule has 0 atom stereocenters. The predicted molar refractivity (Wildman–Crippen MR) is 114 cm³/mol. The summed E-state index contributed by atoms with van der Waals surface area (Å²) in [5.74, 6) is 0.104. The number of nitrogens with zero attached hydrogens (tertiary/aromatic N) is 2. The first-order chi connectivity index (χ1) is 16.7. The second-order valence-corrected chi connectivity index (χ2v) is 10.3. The summed E-state index contributed by atoms with van der Waals surface area (Å²) < 4.78 is 117. The molecule has 0 bridgehead atoms. The van der Waals surface area contributed by atoms with E-state index in [1.54, 1.807) is 0 Å². The van der Waals surface area contributed by atoms with Crippen molar-refractivity contribution < 1.29 is 49.4 Å². The van der Waals surface area contributed by atoms with Gasteiger partial charge in [-0.15, -0.1) is 0 Å². The number of alkyl halides is 6. The van der Waals surface area contributed by atoms with Gasteiger partial charge in [-0.25, -0.2) is 13.4 Å². The first-order valence-electron chi connectivity index (χ1n) is 10.6. The number of fused-ring (bicyclic) bond motifs is 1. The molecule has 0 aromatic heterocycles. The number of sulfone groups is 1. The van der Waals surface area contributed by atoms with E-state index in [2.05, 4.69) is 4.98 Å². The molecule has 4 rings (SSSR count). The molecule has 0 unspecified atom stereocenters. The lowest BCUT2D eigenvalue weighted by Gasteiger charge is -2.26. The molecule has 3 heterocycles. The normalized spacial score (nSPS) is 16.1. The van der Waals surface area contributed by atoms with Crippen LogP contribution in [0.1, 0.15) is 18.5 Å². The molecular weight excluding hydrogens is 518 g/mol. The molecule has 0 amide bonds. The molecule has 0 aliphatic carbocycles. The molecule has 0 radical (unpaired) electrons. The summed E-state index contributed by atoms with van der Waals surface area (Å²) >= 11 is 0. The van der Waals surface area contributed by atoms with Crippen molar-refractivity contribution in [1.29, 1.82) is 0 Å². The molecule has 1 saturated heterocycles. The van der Waals surface area contributed by atoms with E-state index in [-0.39, 0.29) is 40.1 Å². The zero-order valence-corrected chi connectivity index (χ0v) is 19.4. The van der Waals surface area contributed by atoms with Gasteiger partial charge in [0.1, 0.15) is 11.9 Å². The molecule has 1 aromatic carbocycles. The third-order valence-corrected chi connectivity index (χ3v) is 7.86. The maximum atomic E-state index is 13.3. The van der Waals surface area contributed by atoms with Crippen molar-refractivity contribution in [3.8, 4) is 28.3 Å². The van der Waals surface area contributed by atoms with Crippen LogP contribution in [0.5, 0.6) is 5.75 Å². The van der Waals surface area contributed by atoms with Crippen LogP contribution in [0.4, 0.5) is 26.3 Å². The number of benzene rings is 1. The van der Waals surface area contributed by atoms with Crippen molar-refractivity contribution in [3.05, 3.63) is 42.2 Å². The van der Waals surface area contributed by atoms with Gasteiger partial charge in [0, 0.05) is 30.2 Å². The zero-order chi connectivity index (χ0) is 26.5. The molecule has 0 spiro atoms. The maximum Gasteiger partial charge on any atom is 0.414 e. The van der Waals surface area contributed by atoms with Crippen molar-refractivity contribution in [3.63, 3.8) is 0 Å². The van der Waals surface area contributed by atoms with Crippen LogP contribution in [0.15, 0.2) is 41.4 Å². The van der Waals surface area contributed by atoms with Crippen molar-refractivity contribution in [2.75, 3.05) is 13.2 Å². The van der Waals surface area contributed by atoms with E-state index < -0.39 is 32.3 Å². The number of pyridine rings is 1. The van der Waals surface area contributed by atoms with Gasteiger partial charge in [0.05, 0.1) is 23.8 Å². The van der Waals surface area contributed by atoms with Gasteiger partial charge in [0.15, 0.2) is 15.7 Å². The van der Waals surface area contributed by atoms with Gasteiger partial charge in [0.2, 0.25) is 0 Å². The smallest absolute Gasteiger partial charge is 0.414 e. The van der Waals surface area contributed by atoms with E-state index in [0.717, 1.165) is 16.9 Å². The standard InChI is InChI=1S/C22H20F6N2O5S/c1-12-10-16(15-4-7-29-19(15)30(12)31)17-11-14(2-3-18(17)35-13-5-8-34-9-6-13)36(32,33)20(21(23,24)25)22(26,27)28/h2-4,7,10-11,13,20,31H,5-6,8-9H2,1H3. The van der Waals surface area contributed by atoms with Crippen molar-refractivity contribution in [2.45, 2.75) is 48.4 Å². The Bertz CT molecular complexity index is 1320. The summed E-state index contributed by atoms with van der Waals surface area (Å²) in [6.45, 7) is 2.26. The fourth-order valence-electron chi connectivity index (χ4n) is 4.09. The molecule has 14 heteroatoms. The van der Waals surface area contributed by atoms with Crippen LogP contribution < -0.4 is 4.74 Å². The van der Waals surface area contributed by atoms with Crippen LogP contribution in [-0.2, 0) is 14.6 Å². The fraction of sp³-hybridized carbons (Fsp3) is 0.409. The lowest BCUT2D eigenvalue weighted by Crippen LogP contribution is -2.48. The Morgan fingerprint density at radius 1 is 1.03 bits per heavy atom. The summed E-state index contributed by atoms with van der Waals surface area (Å²) in [7, 11) is -5.95. The minimum Gasteiger partial charge on any atom is -0.490 e. The van der Waals surface area contributed by atoms with Gasteiger partial charge < -0.3 is 14.7 Å². The van der Waals surface area contributed by atoms with E-state index >= 15 is 0 Å². The van der Waals surface area contributed by atoms with Gasteiger partial charge in [-0.1, -0.05) is 0 Å². The van der Waals surface area contributed by atoms with Crippen LogP contribution >= 0.6 is 0 Å². The van der Waals surface area contributed by atoms with Crippen molar-refractivity contribution >= 4 is 9.84 Å². The Kier molecular flexibility index (Phi) is 6.62. The van der Waals surface area contributed by atoms with Crippen LogP contribution in [0, 0.1) is 6.92 Å². The molecule has 196 valence electrons. The molecular formula is C22H20F6N2O5S. The number of ether oxygens (including phenoxy) is 2. The zero-order valence-electron chi connectivity index (χ0n) is 18.6. The highest BCUT2D eigenvalue weighted by molar-refractivity contribution is 7.92. The van der Waals surface area contributed by atoms with Gasteiger partial charge in [0.25, 0.3) is 5.25 Å². The monoisotopic (exact) mass is 538 g/mol. The van der Waals surface area contributed by atoms with E-state index in [4.69, 9.17) is 9.47 Å². The quantitative estimate of drug-likeness (QED) is 0.362. The molecule has 1 N–H and O–H groups in total. The Hall–Kier alpha value is -3.00. The Morgan fingerprint density at radius 3 is 2.28 bits per heavy atom. The Balaban J connectivity index is 1.92. The largest absolute Gasteiger partial charge is 0.490 e. The number of hydrogen-bond donors (Lipinski definition) is 1. The van der Waals surface area contributed by atoms with E-state index in [0.29, 0.717) is 32.1 Å². The highest BCUT2D eigenvalue weighted by Crippen LogP contribution is 2.44. The van der Waals surface area contributed by atoms with E-state index in [1.807, 2.05) is 0 Å². The molecule has 0 saturated carbocycles. The van der Waals surface area contributed by atoms with Crippen LogP contribution in [0.3, 0.4) is 0 Å². The minimum absolute atomic E-state index is 0.0500. The second-order valence-electron chi connectivity index (χ2n) is 8.29. The lowest BCUT2D eigenvalue weighted by atomic mass is 9.98. The summed E-state index contributed by atoms with van der Waals surface area (Å²) in [4.78, 5) is 2.84. The molecule has 3 aliphatic rings. The first kappa shape index (κ1) is 26.1. The third-order valence-electron chi connectivity index (χ3n) is 5.79. The number of rotatable bonds is 5. The van der Waals surface area contributed by atoms with Crippen LogP contribution in [0.2, 0.25) is 0 Å². The van der Waals surface area contributed by atoms with Crippen molar-refractivity contribution in [2.24, 2.45) is 0 Å². The van der Waals surface area contributed by atoms with Crippen LogP contribution in [-0.4, -0.2) is 60.3 Å². The first-order valence-corrected chi connectivity index (χ1v) is 12.2. The Labute approximate surface area is 201 Å². The van der Waals surface area contributed by atoms with Gasteiger partial charge >= 0.3 is 12.4 Å². The summed E-state index contributed by atoms with van der Waals surface area (Å²) in [6.07, 6.45) is -10.3. The highest BCUT2D eigenvalue weighted by atomic mass is 32.2. The number of hydrogen-bond acceptors (Lipinski definition) is 6. The maximum absolute atomic E-state index is 13.3. The molecule has 1 fully saturated rings. The van der Waals surface area contributed by atoms with E-state index in [1.165, 1.54) is 25.3 Å². The SMILES string of the molecule is Cc1cc(-c2cc(S(=O)(=O)C(C(F)(F)F)C(F)(F)F)ccc2OC2CCOCC2)c2ccnc-2n1O. The lowest BCUT2D eigenvalue weighted by molar-refractivity contribution is -0.226. The minimum atomic E-state index is -6.09. The molecule has 3 aliphatic heterocycles. The predicted octanol–water partition coefficient (Wildman–Crippen LogP) is 5.03. The summed E-state index contributed by atoms with van der Waals surface area (Å²) in [6, 6.07) is 5.30. The van der Waals surface area contributed by atoms with Gasteiger partial charge in [-0.3, -0.25) is 0 Å². The highest BCUT2D eigenvalue weighted by Gasteiger charge is 2.64. The average Bonchev–Trinajstić information content (AvgIpc) is 3.25. The van der Waals surface area contributed by atoms with Gasteiger partial charge in [-0.2, -0.15) is 31.1 Å². The van der Waals surface area contributed by atoms with E-state index in [9.17, 15) is 40.0 Å². The number of aryl methyl sites for hydroxylation is 1. The molecule has 1 aromatic rings. The Morgan fingerprint density at radius 2 is 1.67 bits per heavy atom. The van der Waals surface area contributed by atoms with Crippen LogP contribution in [0.25, 0.3) is 22.5 Å².